The maximum atomic E-state index is 13.1. The highest BCUT2D eigenvalue weighted by Crippen LogP contribution is 2.12. The Kier molecular flexibility index (Phi) is 3.75. The van der Waals surface area contributed by atoms with E-state index in [0.717, 1.165) is 0 Å². The van der Waals surface area contributed by atoms with Crippen molar-refractivity contribution in [1.82, 2.24) is 10.4 Å². The molecule has 0 spiro atoms. The number of hydrogen-bond acceptors (Lipinski definition) is 4. The van der Waals surface area contributed by atoms with Crippen molar-refractivity contribution in [2.24, 2.45) is 5.84 Å². The van der Waals surface area contributed by atoms with Gasteiger partial charge in [-0.2, -0.15) is 0 Å². The van der Waals surface area contributed by atoms with Crippen LogP contribution >= 0.6 is 0 Å². The normalized spacial score (nSPS) is 12.8. The number of hydrazine groups is 1. The molecule has 1 aromatic rings. The van der Waals surface area contributed by atoms with Crippen molar-refractivity contribution in [3.63, 3.8) is 0 Å². The van der Waals surface area contributed by atoms with Crippen LogP contribution in [0.2, 0.25) is 0 Å². The molecule has 72 valence electrons. The van der Waals surface area contributed by atoms with E-state index >= 15 is 0 Å². The summed E-state index contributed by atoms with van der Waals surface area (Å²) < 4.78 is 18.0. The van der Waals surface area contributed by atoms with Crippen molar-refractivity contribution in [1.29, 1.82) is 0 Å². The zero-order valence-electron chi connectivity index (χ0n) is 7.33. The summed E-state index contributed by atoms with van der Waals surface area (Å²) in [6.07, 6.45) is 1.51. The van der Waals surface area contributed by atoms with Crippen molar-refractivity contribution in [3.8, 4) is 0 Å². The van der Waals surface area contributed by atoms with Gasteiger partial charge < -0.3 is 4.74 Å². The van der Waals surface area contributed by atoms with Gasteiger partial charge in [0, 0.05) is 13.3 Å². The molecule has 0 aromatic carbocycles. The Morgan fingerprint density at radius 1 is 1.77 bits per heavy atom. The number of halogens is 1. The lowest BCUT2D eigenvalue weighted by atomic mass is 10.2. The summed E-state index contributed by atoms with van der Waals surface area (Å²) in [6.45, 7) is 0.282. The monoisotopic (exact) mass is 185 g/mol. The van der Waals surface area contributed by atoms with Crippen LogP contribution in [0.25, 0.3) is 0 Å². The number of nitrogens with two attached hydrogens (primary N) is 1. The Morgan fingerprint density at radius 2 is 2.54 bits per heavy atom. The van der Waals surface area contributed by atoms with Crippen molar-refractivity contribution in [2.75, 3.05) is 13.7 Å². The Morgan fingerprint density at radius 3 is 3.08 bits per heavy atom. The maximum Gasteiger partial charge on any atom is 0.146 e. The molecule has 1 heterocycles. The van der Waals surface area contributed by atoms with Crippen LogP contribution in [0.15, 0.2) is 18.3 Å². The van der Waals surface area contributed by atoms with E-state index in [1.165, 1.54) is 25.4 Å². The lowest BCUT2D eigenvalue weighted by molar-refractivity contribution is 0.164. The number of nitrogens with one attached hydrogen (secondary N) is 1. The molecule has 3 N–H and O–H groups in total. The first-order chi connectivity index (χ1) is 6.29. The largest absolute Gasteiger partial charge is 0.383 e. The summed E-state index contributed by atoms with van der Waals surface area (Å²) in [6, 6.07) is 2.45. The summed E-state index contributed by atoms with van der Waals surface area (Å²) in [5, 5.41) is 0. The Bertz CT molecular complexity index is 269. The van der Waals surface area contributed by atoms with E-state index in [9.17, 15) is 4.39 Å². The smallest absolute Gasteiger partial charge is 0.146 e. The molecule has 1 atom stereocenters. The van der Waals surface area contributed by atoms with E-state index in [4.69, 9.17) is 10.6 Å². The summed E-state index contributed by atoms with van der Waals surface area (Å²) in [5.74, 6) is 4.84. The molecule has 1 rings (SSSR count). The van der Waals surface area contributed by atoms with E-state index in [1.807, 2.05) is 0 Å². The van der Waals surface area contributed by atoms with Crippen LogP contribution in [0.5, 0.6) is 0 Å². The molecular weight excluding hydrogens is 173 g/mol. The third-order valence-electron chi connectivity index (χ3n) is 1.65. The Labute approximate surface area is 75.9 Å². The van der Waals surface area contributed by atoms with Gasteiger partial charge in [-0.3, -0.25) is 10.8 Å². The van der Waals surface area contributed by atoms with Crippen molar-refractivity contribution in [3.05, 3.63) is 29.8 Å². The highest BCUT2D eigenvalue weighted by molar-refractivity contribution is 5.11. The summed E-state index contributed by atoms with van der Waals surface area (Å²) in [5.41, 5.74) is 2.70. The molecule has 0 amide bonds. The third kappa shape index (κ3) is 2.45. The molecule has 0 aliphatic heterocycles. The minimum atomic E-state index is -0.411. The third-order valence-corrected chi connectivity index (χ3v) is 1.65. The van der Waals surface area contributed by atoms with Crippen LogP contribution in [0.3, 0.4) is 0 Å². The lowest BCUT2D eigenvalue weighted by Crippen LogP contribution is -2.32. The van der Waals surface area contributed by atoms with E-state index in [0.29, 0.717) is 0 Å². The van der Waals surface area contributed by atoms with Gasteiger partial charge in [-0.1, -0.05) is 0 Å². The number of methoxy groups -OCH3 is 1. The highest BCUT2D eigenvalue weighted by atomic mass is 19.1. The van der Waals surface area contributed by atoms with E-state index in [2.05, 4.69) is 10.4 Å². The minimum Gasteiger partial charge on any atom is -0.383 e. The fraction of sp³-hybridized carbons (Fsp3) is 0.375. The maximum absolute atomic E-state index is 13.1. The van der Waals surface area contributed by atoms with E-state index in [1.54, 1.807) is 0 Å². The SMILES string of the molecule is COCC(NN)c1ncccc1F. The van der Waals surface area contributed by atoms with Gasteiger partial charge in [-0.25, -0.2) is 9.82 Å². The van der Waals surface area contributed by atoms with Crippen molar-refractivity contribution < 1.29 is 9.13 Å². The average molecular weight is 185 g/mol. The predicted molar refractivity (Wildman–Crippen MR) is 46.1 cm³/mol. The number of aromatic nitrogens is 1. The van der Waals surface area contributed by atoms with Gasteiger partial charge in [0.2, 0.25) is 0 Å². The minimum absolute atomic E-state index is 0.270. The molecule has 0 radical (unpaired) electrons. The number of ether oxygens (including phenoxy) is 1. The number of rotatable bonds is 4. The van der Waals surface area contributed by atoms with Gasteiger partial charge in [0.1, 0.15) is 5.82 Å². The topological polar surface area (TPSA) is 60.2 Å². The summed E-state index contributed by atoms with van der Waals surface area (Å²) >= 11 is 0. The lowest BCUT2D eigenvalue weighted by Gasteiger charge is -2.14. The molecule has 1 aromatic heterocycles. The molecule has 0 bridgehead atoms. The van der Waals surface area contributed by atoms with E-state index in [-0.39, 0.29) is 18.1 Å². The zero-order chi connectivity index (χ0) is 9.68. The standard InChI is InChI=1S/C8H12FN3O/c1-13-5-7(12-10)8-6(9)3-2-4-11-8/h2-4,7,12H,5,10H2,1H3. The summed E-state index contributed by atoms with van der Waals surface area (Å²) in [4.78, 5) is 3.87. The van der Waals surface area contributed by atoms with Crippen LogP contribution in [0, 0.1) is 5.82 Å². The molecule has 13 heavy (non-hydrogen) atoms. The molecular formula is C8H12FN3O. The molecule has 1 unspecified atom stereocenters. The Balaban J connectivity index is 2.84. The zero-order valence-corrected chi connectivity index (χ0v) is 7.33. The van der Waals surface area contributed by atoms with Gasteiger partial charge in [-0.05, 0) is 12.1 Å². The highest BCUT2D eigenvalue weighted by Gasteiger charge is 2.14. The van der Waals surface area contributed by atoms with E-state index < -0.39 is 6.04 Å². The van der Waals surface area contributed by atoms with Gasteiger partial charge >= 0.3 is 0 Å². The fourth-order valence-corrected chi connectivity index (χ4v) is 1.03. The van der Waals surface area contributed by atoms with Crippen LogP contribution in [0.4, 0.5) is 4.39 Å². The molecule has 4 nitrogen and oxygen atoms in total. The second kappa shape index (κ2) is 4.86. The van der Waals surface area contributed by atoms with Crippen LogP contribution in [-0.4, -0.2) is 18.7 Å². The molecule has 0 saturated heterocycles. The average Bonchev–Trinajstić information content (AvgIpc) is 2.16. The Hall–Kier alpha value is -1.04. The van der Waals surface area contributed by atoms with Crippen molar-refractivity contribution in [2.45, 2.75) is 6.04 Å². The number of hydrogen-bond donors (Lipinski definition) is 2. The number of pyridine rings is 1. The van der Waals surface area contributed by atoms with Crippen LogP contribution in [-0.2, 0) is 4.74 Å². The molecule has 5 heteroatoms. The fourth-order valence-electron chi connectivity index (χ4n) is 1.03. The number of nitrogens with zero attached hydrogens (tertiary/aromatic N) is 1. The van der Waals surface area contributed by atoms with Crippen molar-refractivity contribution >= 4 is 0 Å². The van der Waals surface area contributed by atoms with Gasteiger partial charge in [-0.15, -0.1) is 0 Å². The molecule has 0 fully saturated rings. The first-order valence-electron chi connectivity index (χ1n) is 3.85. The van der Waals surface area contributed by atoms with Gasteiger partial charge in [0.15, 0.2) is 0 Å². The first kappa shape index (κ1) is 10.0. The predicted octanol–water partition coefficient (Wildman–Crippen LogP) is 0.372. The van der Waals surface area contributed by atoms with Gasteiger partial charge in [0.25, 0.3) is 0 Å². The quantitative estimate of drug-likeness (QED) is 0.525. The van der Waals surface area contributed by atoms with Crippen LogP contribution in [0.1, 0.15) is 11.7 Å². The first-order valence-corrected chi connectivity index (χ1v) is 3.85. The van der Waals surface area contributed by atoms with Crippen LogP contribution < -0.4 is 11.3 Å². The summed E-state index contributed by atoms with van der Waals surface area (Å²) in [7, 11) is 1.52. The second-order valence-electron chi connectivity index (χ2n) is 2.55. The molecule has 0 aliphatic rings. The van der Waals surface area contributed by atoms with Gasteiger partial charge in [0.05, 0.1) is 18.3 Å². The second-order valence-corrected chi connectivity index (χ2v) is 2.55. The molecule has 0 aliphatic carbocycles. The molecule has 0 saturated carbocycles.